The van der Waals surface area contributed by atoms with Gasteiger partial charge in [0.1, 0.15) is 6.04 Å². The van der Waals surface area contributed by atoms with Crippen molar-refractivity contribution >= 4 is 57.6 Å². The summed E-state index contributed by atoms with van der Waals surface area (Å²) in [6, 6.07) is 20.2. The largest absolute Gasteiger partial charge is 0.449 e. The summed E-state index contributed by atoms with van der Waals surface area (Å²) in [6.45, 7) is 3.42. The number of nitrogens with zero attached hydrogens (tertiary/aromatic N) is 3. The highest BCUT2D eigenvalue weighted by Gasteiger charge is 2.31. The number of rotatable bonds is 8. The summed E-state index contributed by atoms with van der Waals surface area (Å²) in [7, 11) is 0. The summed E-state index contributed by atoms with van der Waals surface area (Å²) in [5.41, 5.74) is 2.66. The van der Waals surface area contributed by atoms with Crippen LogP contribution in [0.1, 0.15) is 40.9 Å². The molecule has 2 saturated heterocycles. The molecule has 238 valence electrons. The lowest BCUT2D eigenvalue weighted by molar-refractivity contribution is -0.134. The second kappa shape index (κ2) is 14.0. The van der Waals surface area contributed by atoms with Crippen LogP contribution >= 0.6 is 23.2 Å². The van der Waals surface area contributed by atoms with Crippen LogP contribution in [0.2, 0.25) is 10.0 Å². The van der Waals surface area contributed by atoms with Gasteiger partial charge in [-0.05, 0) is 54.3 Å². The van der Waals surface area contributed by atoms with Crippen molar-refractivity contribution in [3.05, 3.63) is 110 Å². The Morgan fingerprint density at radius 3 is 2.39 bits per heavy atom. The number of piperazine rings is 1. The quantitative estimate of drug-likeness (QED) is 0.275. The molecule has 3 amide bonds. The third-order valence-electron chi connectivity index (χ3n) is 8.59. The van der Waals surface area contributed by atoms with E-state index >= 15 is 0 Å². The molecule has 0 unspecified atom stereocenters. The van der Waals surface area contributed by atoms with Crippen molar-refractivity contribution in [3.8, 4) is 0 Å². The van der Waals surface area contributed by atoms with Gasteiger partial charge in [0.05, 0.1) is 10.4 Å². The van der Waals surface area contributed by atoms with E-state index in [1.54, 1.807) is 35.2 Å². The molecule has 0 aliphatic carbocycles. The van der Waals surface area contributed by atoms with E-state index in [0.717, 1.165) is 42.3 Å². The van der Waals surface area contributed by atoms with Crippen LogP contribution in [0, 0.1) is 0 Å². The number of hydrogen-bond donors (Lipinski definition) is 1. The molecule has 0 spiro atoms. The average molecular weight is 662 g/mol. The SMILES string of the molecule is O=C(N[C@H](Cc1ccc(Cl)cc1)C(=O)N1CCN(c2ccccc2CN2CCCCC2=O)CC1)c1cc(=O)c2cccc(Cl)c2o1. The van der Waals surface area contributed by atoms with E-state index in [0.29, 0.717) is 44.2 Å². The van der Waals surface area contributed by atoms with Gasteiger partial charge in [0.2, 0.25) is 11.8 Å². The van der Waals surface area contributed by atoms with Gasteiger partial charge < -0.3 is 24.4 Å². The fourth-order valence-electron chi connectivity index (χ4n) is 6.12. The molecule has 0 saturated carbocycles. The van der Waals surface area contributed by atoms with E-state index in [4.69, 9.17) is 27.6 Å². The van der Waals surface area contributed by atoms with E-state index in [2.05, 4.69) is 22.3 Å². The minimum absolute atomic E-state index is 0.114. The average Bonchev–Trinajstić information content (AvgIpc) is 3.07. The Hall–Kier alpha value is -4.34. The standard InChI is InChI=1S/C35H34Cl2N4O5/c36-25-13-11-23(12-14-25)20-28(38-34(44)31-21-30(42)26-7-5-8-27(37)33(26)46-31)35(45)40-18-16-39(17-19-40)29-9-2-1-6-24(29)22-41-15-4-3-10-32(41)43/h1-2,5-9,11-14,21,28H,3-4,10,15-20,22H2,(H,38,44)/t28-/m1/s1. The Kier molecular flexibility index (Phi) is 9.61. The van der Waals surface area contributed by atoms with E-state index in [1.165, 1.54) is 0 Å². The zero-order valence-corrected chi connectivity index (χ0v) is 26.7. The predicted octanol–water partition coefficient (Wildman–Crippen LogP) is 5.30. The van der Waals surface area contributed by atoms with Gasteiger partial charge in [-0.1, -0.05) is 59.6 Å². The zero-order valence-electron chi connectivity index (χ0n) is 25.2. The summed E-state index contributed by atoms with van der Waals surface area (Å²) in [6.07, 6.45) is 2.77. The van der Waals surface area contributed by atoms with Crippen LogP contribution in [-0.4, -0.2) is 66.3 Å². The summed E-state index contributed by atoms with van der Waals surface area (Å²) >= 11 is 12.3. The third kappa shape index (κ3) is 7.06. The van der Waals surface area contributed by atoms with Gasteiger partial charge in [0.15, 0.2) is 16.8 Å². The van der Waals surface area contributed by atoms with Crippen molar-refractivity contribution in [2.75, 3.05) is 37.6 Å². The molecule has 0 bridgehead atoms. The van der Waals surface area contributed by atoms with Crippen molar-refractivity contribution in [1.29, 1.82) is 0 Å². The van der Waals surface area contributed by atoms with E-state index in [9.17, 15) is 19.2 Å². The number of nitrogens with one attached hydrogen (secondary N) is 1. The first kappa shape index (κ1) is 31.6. The Bertz CT molecular complexity index is 1820. The summed E-state index contributed by atoms with van der Waals surface area (Å²) in [4.78, 5) is 58.6. The number of hydrogen-bond acceptors (Lipinski definition) is 6. The predicted molar refractivity (Wildman–Crippen MR) is 178 cm³/mol. The maximum atomic E-state index is 14.0. The van der Waals surface area contributed by atoms with Gasteiger partial charge in [0.25, 0.3) is 5.91 Å². The van der Waals surface area contributed by atoms with Gasteiger partial charge in [0, 0.05) is 68.9 Å². The van der Waals surface area contributed by atoms with Crippen LogP contribution in [-0.2, 0) is 22.6 Å². The lowest BCUT2D eigenvalue weighted by atomic mass is 10.0. The molecule has 1 N–H and O–H groups in total. The molecular formula is C35H34Cl2N4O5. The molecule has 2 fully saturated rings. The Balaban J connectivity index is 1.18. The molecule has 4 aromatic rings. The number of anilines is 1. The van der Waals surface area contributed by atoms with Crippen LogP contribution in [0.4, 0.5) is 5.69 Å². The van der Waals surface area contributed by atoms with Crippen molar-refractivity contribution in [3.63, 3.8) is 0 Å². The Morgan fingerprint density at radius 2 is 1.63 bits per heavy atom. The maximum absolute atomic E-state index is 14.0. The van der Waals surface area contributed by atoms with Gasteiger partial charge in [-0.3, -0.25) is 19.2 Å². The third-order valence-corrected chi connectivity index (χ3v) is 9.14. The first-order valence-corrected chi connectivity index (χ1v) is 16.2. The van der Waals surface area contributed by atoms with Crippen molar-refractivity contribution < 1.29 is 18.8 Å². The first-order chi connectivity index (χ1) is 22.3. The number of halogens is 2. The zero-order chi connectivity index (χ0) is 32.2. The molecule has 1 aromatic heterocycles. The van der Waals surface area contributed by atoms with E-state index < -0.39 is 17.4 Å². The highest BCUT2D eigenvalue weighted by Crippen LogP contribution is 2.26. The fraction of sp³-hybridized carbons (Fsp3) is 0.314. The molecule has 6 rings (SSSR count). The minimum Gasteiger partial charge on any atom is -0.449 e. The number of piperidine rings is 1. The number of fused-ring (bicyclic) bond motifs is 1. The van der Waals surface area contributed by atoms with Gasteiger partial charge in [-0.15, -0.1) is 0 Å². The van der Waals surface area contributed by atoms with Gasteiger partial charge >= 0.3 is 0 Å². The van der Waals surface area contributed by atoms with Gasteiger partial charge in [-0.25, -0.2) is 0 Å². The smallest absolute Gasteiger partial charge is 0.287 e. The van der Waals surface area contributed by atoms with Crippen LogP contribution in [0.25, 0.3) is 11.0 Å². The molecule has 2 aliphatic rings. The second-order valence-corrected chi connectivity index (χ2v) is 12.5. The van der Waals surface area contributed by atoms with Crippen LogP contribution in [0.3, 0.4) is 0 Å². The van der Waals surface area contributed by atoms with Crippen molar-refractivity contribution in [2.45, 2.75) is 38.3 Å². The highest BCUT2D eigenvalue weighted by molar-refractivity contribution is 6.34. The summed E-state index contributed by atoms with van der Waals surface area (Å²) < 4.78 is 5.75. The summed E-state index contributed by atoms with van der Waals surface area (Å²) in [5.74, 6) is -0.966. The lowest BCUT2D eigenvalue weighted by Crippen LogP contribution is -2.55. The Labute approximate surface area is 276 Å². The van der Waals surface area contributed by atoms with Crippen LogP contribution in [0.5, 0.6) is 0 Å². The normalized spacial score (nSPS) is 16.0. The number of carbonyl (C=O) groups excluding carboxylic acids is 3. The summed E-state index contributed by atoms with van der Waals surface area (Å²) in [5, 5.41) is 3.85. The van der Waals surface area contributed by atoms with Crippen LogP contribution < -0.4 is 15.6 Å². The molecule has 0 radical (unpaired) electrons. The Morgan fingerprint density at radius 1 is 0.870 bits per heavy atom. The number of para-hydroxylation sites is 2. The molecular weight excluding hydrogens is 627 g/mol. The fourth-order valence-corrected chi connectivity index (χ4v) is 6.46. The molecule has 2 aliphatic heterocycles. The number of carbonyl (C=O) groups is 3. The van der Waals surface area contributed by atoms with Crippen molar-refractivity contribution in [2.24, 2.45) is 0 Å². The van der Waals surface area contributed by atoms with Crippen LogP contribution in [0.15, 0.2) is 82.0 Å². The maximum Gasteiger partial charge on any atom is 0.287 e. The second-order valence-electron chi connectivity index (χ2n) is 11.7. The molecule has 9 nitrogen and oxygen atoms in total. The number of amides is 3. The lowest BCUT2D eigenvalue weighted by Gasteiger charge is -2.39. The monoisotopic (exact) mass is 660 g/mol. The molecule has 46 heavy (non-hydrogen) atoms. The molecule has 11 heteroatoms. The van der Waals surface area contributed by atoms with Crippen molar-refractivity contribution in [1.82, 2.24) is 15.1 Å². The van der Waals surface area contributed by atoms with Gasteiger partial charge in [-0.2, -0.15) is 0 Å². The van der Waals surface area contributed by atoms with E-state index in [-0.39, 0.29) is 40.0 Å². The first-order valence-electron chi connectivity index (χ1n) is 15.4. The van der Waals surface area contributed by atoms with E-state index in [1.807, 2.05) is 29.2 Å². The topological polar surface area (TPSA) is 103 Å². The number of benzene rings is 3. The minimum atomic E-state index is -0.926. The number of likely N-dealkylation sites (tertiary alicyclic amines) is 1. The molecule has 1 atom stereocenters. The molecule has 3 aromatic carbocycles. The molecule has 3 heterocycles. The highest BCUT2D eigenvalue weighted by atomic mass is 35.5.